The molecule has 4 atom stereocenters. The number of methoxy groups -OCH3 is 2. The third kappa shape index (κ3) is 2.78. The van der Waals surface area contributed by atoms with Crippen LogP contribution < -0.4 is 14.8 Å². The first-order chi connectivity index (χ1) is 11.5. The van der Waals surface area contributed by atoms with E-state index in [1.807, 2.05) is 0 Å². The minimum Gasteiger partial charge on any atom is -0.495 e. The number of hydrogen-bond donors (Lipinski definition) is 2. The summed E-state index contributed by atoms with van der Waals surface area (Å²) in [7, 11) is 2.91. The molecule has 1 aromatic carbocycles. The molecule has 2 fully saturated rings. The van der Waals surface area contributed by atoms with Crippen molar-refractivity contribution < 1.29 is 28.9 Å². The largest absolute Gasteiger partial charge is 0.495 e. The Morgan fingerprint density at radius 2 is 1.79 bits per heavy atom. The van der Waals surface area contributed by atoms with Crippen LogP contribution in [0.25, 0.3) is 0 Å². The number of carbonyl (C=O) groups is 2. The van der Waals surface area contributed by atoms with Gasteiger partial charge in [0.2, 0.25) is 5.91 Å². The molecule has 130 valence electrons. The van der Waals surface area contributed by atoms with E-state index in [4.69, 9.17) is 25.8 Å². The van der Waals surface area contributed by atoms with E-state index >= 15 is 0 Å². The lowest BCUT2D eigenvalue weighted by Crippen LogP contribution is -2.41. The molecule has 0 radical (unpaired) electrons. The molecule has 2 bridgehead atoms. The Labute approximate surface area is 143 Å². The Morgan fingerprint density at radius 3 is 2.38 bits per heavy atom. The highest BCUT2D eigenvalue weighted by Crippen LogP contribution is 2.44. The zero-order chi connectivity index (χ0) is 17.4. The van der Waals surface area contributed by atoms with Gasteiger partial charge in [-0.3, -0.25) is 9.59 Å². The van der Waals surface area contributed by atoms with Gasteiger partial charge in [0.15, 0.2) is 0 Å². The lowest BCUT2D eigenvalue weighted by molar-refractivity contribution is -0.147. The van der Waals surface area contributed by atoms with Gasteiger partial charge in [-0.2, -0.15) is 0 Å². The molecule has 2 aliphatic rings. The summed E-state index contributed by atoms with van der Waals surface area (Å²) < 4.78 is 16.0. The highest BCUT2D eigenvalue weighted by Gasteiger charge is 2.55. The molecule has 0 aliphatic carbocycles. The number of anilines is 1. The van der Waals surface area contributed by atoms with Crippen molar-refractivity contribution >= 4 is 29.2 Å². The highest BCUT2D eigenvalue weighted by molar-refractivity contribution is 6.32. The van der Waals surface area contributed by atoms with Gasteiger partial charge in [-0.15, -0.1) is 0 Å². The molecule has 0 aromatic heterocycles. The fourth-order valence-corrected chi connectivity index (χ4v) is 3.73. The first kappa shape index (κ1) is 16.9. The third-order valence-corrected chi connectivity index (χ3v) is 4.89. The molecule has 2 saturated heterocycles. The molecule has 2 N–H and O–H groups in total. The summed E-state index contributed by atoms with van der Waals surface area (Å²) in [6.07, 6.45) is 0.595. The zero-order valence-electron chi connectivity index (χ0n) is 13.2. The quantitative estimate of drug-likeness (QED) is 0.840. The van der Waals surface area contributed by atoms with Crippen molar-refractivity contribution in [1.82, 2.24) is 0 Å². The number of carbonyl (C=O) groups excluding carboxylic acids is 1. The van der Waals surface area contributed by atoms with Crippen molar-refractivity contribution in [3.63, 3.8) is 0 Å². The molecule has 7 nitrogen and oxygen atoms in total. The average Bonchev–Trinajstić information content (AvgIpc) is 3.16. The molecule has 24 heavy (non-hydrogen) atoms. The van der Waals surface area contributed by atoms with E-state index in [0.29, 0.717) is 35.1 Å². The first-order valence-corrected chi connectivity index (χ1v) is 7.94. The van der Waals surface area contributed by atoms with Gasteiger partial charge in [-0.25, -0.2) is 0 Å². The fourth-order valence-electron chi connectivity index (χ4n) is 3.50. The van der Waals surface area contributed by atoms with E-state index in [-0.39, 0.29) is 6.10 Å². The highest BCUT2D eigenvalue weighted by atomic mass is 35.5. The van der Waals surface area contributed by atoms with Crippen molar-refractivity contribution in [2.45, 2.75) is 25.0 Å². The van der Waals surface area contributed by atoms with Crippen LogP contribution in [0, 0.1) is 11.8 Å². The normalized spacial score (nSPS) is 27.8. The summed E-state index contributed by atoms with van der Waals surface area (Å²) in [5, 5.41) is 12.5. The van der Waals surface area contributed by atoms with E-state index in [9.17, 15) is 14.7 Å². The van der Waals surface area contributed by atoms with Gasteiger partial charge >= 0.3 is 5.97 Å². The van der Waals surface area contributed by atoms with Gasteiger partial charge in [0.05, 0.1) is 49.0 Å². The van der Waals surface area contributed by atoms with Crippen molar-refractivity contribution in [3.05, 3.63) is 17.2 Å². The molecule has 8 heteroatoms. The number of rotatable bonds is 5. The van der Waals surface area contributed by atoms with Crippen LogP contribution in [0.1, 0.15) is 12.8 Å². The number of carboxylic acid groups (broad SMARTS) is 1. The van der Waals surface area contributed by atoms with Crippen LogP contribution in [-0.2, 0) is 14.3 Å². The maximum atomic E-state index is 12.7. The van der Waals surface area contributed by atoms with Crippen LogP contribution in [0.2, 0.25) is 5.02 Å². The van der Waals surface area contributed by atoms with E-state index in [2.05, 4.69) is 5.32 Å². The summed E-state index contributed by atoms with van der Waals surface area (Å²) >= 11 is 6.04. The molecule has 0 saturated carbocycles. The van der Waals surface area contributed by atoms with E-state index in [0.717, 1.165) is 0 Å². The number of aliphatic carboxylic acids is 1. The molecule has 3 rings (SSSR count). The predicted octanol–water partition coefficient (Wildman–Crippen LogP) is 2.17. The first-order valence-electron chi connectivity index (χ1n) is 7.57. The minimum atomic E-state index is -1.01. The number of hydrogen-bond acceptors (Lipinski definition) is 5. The SMILES string of the molecule is COc1cc(NC(=O)[C@H]2[C@H](C(=O)O)[C@H]3CC[C@H]2O3)c(OC)cc1Cl. The molecular formula is C16H18ClNO6. The van der Waals surface area contributed by atoms with Crippen molar-refractivity contribution in [2.75, 3.05) is 19.5 Å². The molecular weight excluding hydrogens is 338 g/mol. The van der Waals surface area contributed by atoms with Crippen molar-refractivity contribution in [2.24, 2.45) is 11.8 Å². The van der Waals surface area contributed by atoms with E-state index in [1.165, 1.54) is 20.3 Å². The Kier molecular flexibility index (Phi) is 4.56. The number of benzene rings is 1. The second-order valence-electron chi connectivity index (χ2n) is 5.86. The molecule has 2 aliphatic heterocycles. The van der Waals surface area contributed by atoms with Gasteiger partial charge < -0.3 is 24.6 Å². The molecule has 1 amide bonds. The third-order valence-electron chi connectivity index (χ3n) is 4.59. The van der Waals surface area contributed by atoms with E-state index < -0.39 is 29.8 Å². The molecule has 0 spiro atoms. The fraction of sp³-hybridized carbons (Fsp3) is 0.500. The summed E-state index contributed by atoms with van der Waals surface area (Å²) in [6, 6.07) is 3.07. The van der Waals surface area contributed by atoms with Gasteiger partial charge in [-0.1, -0.05) is 11.6 Å². The lowest BCUT2D eigenvalue weighted by Gasteiger charge is -2.24. The van der Waals surface area contributed by atoms with Gasteiger partial charge in [0.1, 0.15) is 11.5 Å². The van der Waals surface area contributed by atoms with Crippen LogP contribution in [0.15, 0.2) is 12.1 Å². The second kappa shape index (κ2) is 6.49. The van der Waals surface area contributed by atoms with Gasteiger partial charge in [0, 0.05) is 12.1 Å². The van der Waals surface area contributed by atoms with Crippen molar-refractivity contribution in [1.29, 1.82) is 0 Å². The predicted molar refractivity (Wildman–Crippen MR) is 85.7 cm³/mol. The van der Waals surface area contributed by atoms with Crippen LogP contribution >= 0.6 is 11.6 Å². The Morgan fingerprint density at radius 1 is 1.17 bits per heavy atom. The maximum Gasteiger partial charge on any atom is 0.310 e. The number of fused-ring (bicyclic) bond motifs is 2. The minimum absolute atomic E-state index is 0.346. The molecule has 1 aromatic rings. The molecule has 2 heterocycles. The Balaban J connectivity index is 1.86. The van der Waals surface area contributed by atoms with Crippen LogP contribution in [-0.4, -0.2) is 43.4 Å². The molecule has 0 unspecified atom stereocenters. The standard InChI is InChI=1S/C16H18ClNO6/c1-22-11-6-8(12(23-2)5-7(11)17)18-15(19)13-9-3-4-10(24-9)14(13)16(20)21/h5-6,9-10,13-14H,3-4H2,1-2H3,(H,18,19)(H,20,21)/t9-,10-,13-,14-/m1/s1. The second-order valence-corrected chi connectivity index (χ2v) is 6.26. The smallest absolute Gasteiger partial charge is 0.310 e. The summed E-state index contributed by atoms with van der Waals surface area (Å²) in [5.41, 5.74) is 0.371. The number of amides is 1. The van der Waals surface area contributed by atoms with Crippen LogP contribution in [0.3, 0.4) is 0 Å². The summed E-state index contributed by atoms with van der Waals surface area (Å²) in [5.74, 6) is -2.23. The number of carboxylic acids is 1. The maximum absolute atomic E-state index is 12.7. The Bertz CT molecular complexity index is 679. The lowest BCUT2D eigenvalue weighted by atomic mass is 9.78. The Hall–Kier alpha value is -1.99. The number of halogens is 1. The van der Waals surface area contributed by atoms with E-state index in [1.54, 1.807) is 6.07 Å². The number of nitrogens with one attached hydrogen (secondary N) is 1. The van der Waals surface area contributed by atoms with Crippen LogP contribution in [0.5, 0.6) is 11.5 Å². The number of ether oxygens (including phenoxy) is 3. The van der Waals surface area contributed by atoms with Gasteiger partial charge in [0.25, 0.3) is 0 Å². The summed E-state index contributed by atoms with van der Waals surface area (Å²) in [6.45, 7) is 0. The van der Waals surface area contributed by atoms with Gasteiger partial charge in [-0.05, 0) is 12.8 Å². The topological polar surface area (TPSA) is 94.1 Å². The monoisotopic (exact) mass is 355 g/mol. The van der Waals surface area contributed by atoms with Crippen molar-refractivity contribution in [3.8, 4) is 11.5 Å². The average molecular weight is 356 g/mol. The van der Waals surface area contributed by atoms with Crippen LogP contribution in [0.4, 0.5) is 5.69 Å². The zero-order valence-corrected chi connectivity index (χ0v) is 14.0. The summed E-state index contributed by atoms with van der Waals surface area (Å²) in [4.78, 5) is 24.2.